The van der Waals surface area contributed by atoms with Gasteiger partial charge in [-0.3, -0.25) is 11.3 Å². The highest BCUT2D eigenvalue weighted by Gasteiger charge is 2.13. The fraction of sp³-hybridized carbons (Fsp3) is 0.500. The SMILES string of the molecule is CC(C)CCC(NN)c1cc(Cl)ccc1Br. The maximum Gasteiger partial charge on any atom is 0.0471 e. The third-order valence-corrected chi connectivity index (χ3v) is 3.52. The molecule has 1 aromatic carbocycles. The van der Waals surface area contributed by atoms with Crippen molar-refractivity contribution in [2.24, 2.45) is 11.8 Å². The highest BCUT2D eigenvalue weighted by molar-refractivity contribution is 9.10. The first kappa shape index (κ1) is 14.0. The van der Waals surface area contributed by atoms with Gasteiger partial charge in [0.2, 0.25) is 0 Å². The number of rotatable bonds is 5. The lowest BCUT2D eigenvalue weighted by molar-refractivity contribution is 0.447. The zero-order valence-electron chi connectivity index (χ0n) is 9.63. The lowest BCUT2D eigenvalue weighted by Crippen LogP contribution is -2.28. The molecular formula is C12H18BrClN2. The Hall–Kier alpha value is -0.0900. The Kier molecular flexibility index (Phi) is 5.76. The highest BCUT2D eigenvalue weighted by Crippen LogP contribution is 2.29. The lowest BCUT2D eigenvalue weighted by atomic mass is 9.98. The van der Waals surface area contributed by atoms with Crippen LogP contribution in [0.15, 0.2) is 22.7 Å². The van der Waals surface area contributed by atoms with Crippen molar-refractivity contribution in [2.75, 3.05) is 0 Å². The van der Waals surface area contributed by atoms with Crippen LogP contribution in [0.4, 0.5) is 0 Å². The minimum atomic E-state index is 0.149. The van der Waals surface area contributed by atoms with E-state index in [9.17, 15) is 0 Å². The van der Waals surface area contributed by atoms with Crippen LogP contribution in [0.25, 0.3) is 0 Å². The summed E-state index contributed by atoms with van der Waals surface area (Å²) in [5.41, 5.74) is 3.97. The molecule has 4 heteroatoms. The molecule has 2 nitrogen and oxygen atoms in total. The van der Waals surface area contributed by atoms with E-state index in [1.165, 1.54) is 0 Å². The third-order valence-electron chi connectivity index (χ3n) is 2.57. The lowest BCUT2D eigenvalue weighted by Gasteiger charge is -2.19. The molecule has 0 aliphatic rings. The molecule has 0 spiro atoms. The number of nitrogens with two attached hydrogens (primary N) is 1. The number of hydrogen-bond acceptors (Lipinski definition) is 2. The molecular weight excluding hydrogens is 288 g/mol. The van der Waals surface area contributed by atoms with E-state index in [4.69, 9.17) is 17.4 Å². The summed E-state index contributed by atoms with van der Waals surface area (Å²) in [4.78, 5) is 0. The fourth-order valence-electron chi connectivity index (χ4n) is 1.61. The van der Waals surface area contributed by atoms with Gasteiger partial charge in [0.25, 0.3) is 0 Å². The van der Waals surface area contributed by atoms with Gasteiger partial charge in [-0.1, -0.05) is 41.4 Å². The molecule has 0 fully saturated rings. The van der Waals surface area contributed by atoms with Crippen LogP contribution >= 0.6 is 27.5 Å². The minimum Gasteiger partial charge on any atom is -0.271 e. The van der Waals surface area contributed by atoms with Crippen LogP contribution in [0, 0.1) is 5.92 Å². The second-order valence-corrected chi connectivity index (χ2v) is 5.65. The van der Waals surface area contributed by atoms with Gasteiger partial charge in [-0.2, -0.15) is 0 Å². The molecule has 90 valence electrons. The van der Waals surface area contributed by atoms with E-state index in [0.717, 1.165) is 27.9 Å². The van der Waals surface area contributed by atoms with Crippen molar-refractivity contribution in [2.45, 2.75) is 32.7 Å². The molecule has 0 amide bonds. The zero-order chi connectivity index (χ0) is 12.1. The van der Waals surface area contributed by atoms with Crippen LogP contribution in [0.2, 0.25) is 5.02 Å². The van der Waals surface area contributed by atoms with E-state index >= 15 is 0 Å². The Morgan fingerprint density at radius 1 is 1.38 bits per heavy atom. The second-order valence-electron chi connectivity index (χ2n) is 4.36. The largest absolute Gasteiger partial charge is 0.271 e. The van der Waals surface area contributed by atoms with Crippen LogP contribution < -0.4 is 11.3 Å². The molecule has 1 unspecified atom stereocenters. The average molecular weight is 306 g/mol. The summed E-state index contributed by atoms with van der Waals surface area (Å²) >= 11 is 9.52. The quantitative estimate of drug-likeness (QED) is 0.636. The zero-order valence-corrected chi connectivity index (χ0v) is 12.0. The summed E-state index contributed by atoms with van der Waals surface area (Å²) in [5.74, 6) is 6.27. The summed E-state index contributed by atoms with van der Waals surface area (Å²) < 4.78 is 1.05. The van der Waals surface area contributed by atoms with Crippen molar-refractivity contribution in [3.05, 3.63) is 33.3 Å². The predicted molar refractivity (Wildman–Crippen MR) is 73.3 cm³/mol. The third kappa shape index (κ3) is 4.06. The van der Waals surface area contributed by atoms with Crippen LogP contribution in [0.5, 0.6) is 0 Å². The molecule has 0 heterocycles. The molecule has 0 radical (unpaired) electrons. The van der Waals surface area contributed by atoms with Crippen LogP contribution in [-0.4, -0.2) is 0 Å². The summed E-state index contributed by atoms with van der Waals surface area (Å²) in [6.07, 6.45) is 2.14. The van der Waals surface area contributed by atoms with Crippen LogP contribution in [0.3, 0.4) is 0 Å². The molecule has 0 saturated heterocycles. The summed E-state index contributed by atoms with van der Waals surface area (Å²) in [6.45, 7) is 4.42. The minimum absolute atomic E-state index is 0.149. The van der Waals surface area contributed by atoms with E-state index in [1.54, 1.807) is 0 Å². The molecule has 0 saturated carbocycles. The summed E-state index contributed by atoms with van der Waals surface area (Å²) in [6, 6.07) is 5.93. The van der Waals surface area contributed by atoms with E-state index in [0.29, 0.717) is 5.92 Å². The standard InChI is InChI=1S/C12H18BrClN2/c1-8(2)3-6-12(16-15)10-7-9(14)4-5-11(10)13/h4-5,7-8,12,16H,3,6,15H2,1-2H3. The molecule has 0 aromatic heterocycles. The Labute approximate surface area is 111 Å². The van der Waals surface area contributed by atoms with Gasteiger partial charge in [-0.15, -0.1) is 0 Å². The van der Waals surface area contributed by atoms with Crippen molar-refractivity contribution in [3.8, 4) is 0 Å². The Bertz CT molecular complexity index is 342. The van der Waals surface area contributed by atoms with Crippen molar-refractivity contribution in [3.63, 3.8) is 0 Å². The van der Waals surface area contributed by atoms with Crippen LogP contribution in [-0.2, 0) is 0 Å². The molecule has 1 aromatic rings. The van der Waals surface area contributed by atoms with Gasteiger partial charge in [0, 0.05) is 15.5 Å². The first-order chi connectivity index (χ1) is 7.54. The van der Waals surface area contributed by atoms with Crippen molar-refractivity contribution >= 4 is 27.5 Å². The van der Waals surface area contributed by atoms with Gasteiger partial charge in [0.15, 0.2) is 0 Å². The van der Waals surface area contributed by atoms with Gasteiger partial charge in [0.05, 0.1) is 0 Å². The first-order valence-corrected chi connectivity index (χ1v) is 6.62. The molecule has 1 rings (SSSR count). The van der Waals surface area contributed by atoms with E-state index < -0.39 is 0 Å². The van der Waals surface area contributed by atoms with Gasteiger partial charge in [-0.25, -0.2) is 0 Å². The van der Waals surface area contributed by atoms with Gasteiger partial charge < -0.3 is 0 Å². The second kappa shape index (κ2) is 6.60. The van der Waals surface area contributed by atoms with E-state index in [-0.39, 0.29) is 6.04 Å². The molecule has 1 atom stereocenters. The maximum absolute atomic E-state index is 5.99. The number of hydrogen-bond donors (Lipinski definition) is 2. The maximum atomic E-state index is 5.99. The van der Waals surface area contributed by atoms with Crippen molar-refractivity contribution in [1.29, 1.82) is 0 Å². The monoisotopic (exact) mass is 304 g/mol. The van der Waals surface area contributed by atoms with Gasteiger partial charge >= 0.3 is 0 Å². The number of hydrazine groups is 1. The highest BCUT2D eigenvalue weighted by atomic mass is 79.9. The average Bonchev–Trinajstić information content (AvgIpc) is 2.23. The number of halogens is 2. The number of nitrogens with one attached hydrogen (secondary N) is 1. The molecule has 16 heavy (non-hydrogen) atoms. The van der Waals surface area contributed by atoms with E-state index in [1.807, 2.05) is 18.2 Å². The summed E-state index contributed by atoms with van der Waals surface area (Å²) in [5, 5.41) is 0.739. The Balaban J connectivity index is 2.81. The van der Waals surface area contributed by atoms with Crippen LogP contribution in [0.1, 0.15) is 38.3 Å². The smallest absolute Gasteiger partial charge is 0.0471 e. The molecule has 0 aliphatic carbocycles. The Morgan fingerprint density at radius 3 is 2.62 bits per heavy atom. The molecule has 3 N–H and O–H groups in total. The van der Waals surface area contributed by atoms with Gasteiger partial charge in [-0.05, 0) is 42.5 Å². The van der Waals surface area contributed by atoms with Gasteiger partial charge in [0.1, 0.15) is 0 Å². The number of benzene rings is 1. The topological polar surface area (TPSA) is 38.0 Å². The van der Waals surface area contributed by atoms with E-state index in [2.05, 4.69) is 35.2 Å². The Morgan fingerprint density at radius 2 is 2.06 bits per heavy atom. The van der Waals surface area contributed by atoms with Crippen molar-refractivity contribution < 1.29 is 0 Å². The first-order valence-electron chi connectivity index (χ1n) is 5.45. The molecule has 0 bridgehead atoms. The summed E-state index contributed by atoms with van der Waals surface area (Å²) in [7, 11) is 0. The predicted octanol–water partition coefficient (Wildman–Crippen LogP) is 4.04. The van der Waals surface area contributed by atoms with Crippen molar-refractivity contribution in [1.82, 2.24) is 5.43 Å². The molecule has 0 aliphatic heterocycles. The normalized spacial score (nSPS) is 13.1. The fourth-order valence-corrected chi connectivity index (χ4v) is 2.31.